The van der Waals surface area contributed by atoms with Crippen LogP contribution in [0.3, 0.4) is 0 Å². The molecular formula is C22H27FN4O5. The van der Waals surface area contributed by atoms with E-state index in [0.717, 1.165) is 25.7 Å². The van der Waals surface area contributed by atoms with E-state index in [2.05, 4.69) is 15.3 Å². The van der Waals surface area contributed by atoms with Gasteiger partial charge in [-0.15, -0.1) is 0 Å². The normalized spacial score (nSPS) is 31.3. The second kappa shape index (κ2) is 8.09. The Morgan fingerprint density at radius 3 is 2.81 bits per heavy atom. The summed E-state index contributed by atoms with van der Waals surface area (Å²) in [6.07, 6.45) is 4.57. The van der Waals surface area contributed by atoms with Gasteiger partial charge in [0.25, 0.3) is 0 Å². The molecule has 4 fully saturated rings. The van der Waals surface area contributed by atoms with Crippen molar-refractivity contribution in [3.8, 4) is 5.88 Å². The molecule has 10 heteroatoms. The number of aromatic nitrogens is 2. The van der Waals surface area contributed by atoms with Gasteiger partial charge >= 0.3 is 6.09 Å². The fraction of sp³-hybridized carbons (Fsp3) is 0.591. The summed E-state index contributed by atoms with van der Waals surface area (Å²) in [6.45, 7) is 1.00. The van der Waals surface area contributed by atoms with E-state index in [-0.39, 0.29) is 23.8 Å². The molecule has 172 valence electrons. The molecule has 9 nitrogen and oxygen atoms in total. The van der Waals surface area contributed by atoms with E-state index in [0.29, 0.717) is 48.5 Å². The maximum Gasteiger partial charge on any atom is 0.405 e. The van der Waals surface area contributed by atoms with Gasteiger partial charge in [-0.3, -0.25) is 4.98 Å². The number of ether oxygens (including phenoxy) is 3. The predicted octanol–water partition coefficient (Wildman–Crippen LogP) is 2.16. The Kier molecular flexibility index (Phi) is 5.39. The van der Waals surface area contributed by atoms with Crippen LogP contribution in [0, 0.1) is 5.82 Å². The number of nitrogens with zero attached hydrogens (tertiary/aromatic N) is 2. The SMILES string of the molecule is NC12CCC(CCc3c(F)cnc4ccc(OCC5OC[C@H]5NC(=O)O)nc34)(CC1)OC2. The van der Waals surface area contributed by atoms with Crippen LogP contribution < -0.4 is 15.8 Å². The third kappa shape index (κ3) is 4.10. The lowest BCUT2D eigenvalue weighted by Gasteiger charge is -2.51. The van der Waals surface area contributed by atoms with Crippen molar-refractivity contribution in [3.63, 3.8) is 0 Å². The molecule has 4 aliphatic rings. The maximum atomic E-state index is 14.8. The average Bonchev–Trinajstić information content (AvgIpc) is 2.77. The predicted molar refractivity (Wildman–Crippen MR) is 112 cm³/mol. The molecule has 4 N–H and O–H groups in total. The lowest BCUT2D eigenvalue weighted by Crippen LogP contribution is -2.59. The van der Waals surface area contributed by atoms with Crippen LogP contribution in [0.4, 0.5) is 9.18 Å². The fourth-order valence-corrected chi connectivity index (χ4v) is 4.81. The van der Waals surface area contributed by atoms with Gasteiger partial charge in [0.1, 0.15) is 18.5 Å². The largest absolute Gasteiger partial charge is 0.475 e. The van der Waals surface area contributed by atoms with Crippen molar-refractivity contribution in [2.24, 2.45) is 5.73 Å². The van der Waals surface area contributed by atoms with Crippen molar-refractivity contribution in [2.75, 3.05) is 19.8 Å². The minimum atomic E-state index is -1.10. The number of hydrogen-bond donors (Lipinski definition) is 3. The van der Waals surface area contributed by atoms with Gasteiger partial charge in [0, 0.05) is 17.2 Å². The van der Waals surface area contributed by atoms with Crippen molar-refractivity contribution >= 4 is 17.1 Å². The first-order valence-electron chi connectivity index (χ1n) is 11.0. The average molecular weight is 446 g/mol. The highest BCUT2D eigenvalue weighted by Crippen LogP contribution is 2.45. The van der Waals surface area contributed by atoms with Gasteiger partial charge < -0.3 is 30.4 Å². The molecule has 1 unspecified atom stereocenters. The van der Waals surface area contributed by atoms with Crippen LogP contribution in [0.25, 0.3) is 11.0 Å². The molecule has 0 aromatic carbocycles. The summed E-state index contributed by atoms with van der Waals surface area (Å²) < 4.78 is 32.0. The molecule has 1 aliphatic carbocycles. The van der Waals surface area contributed by atoms with Crippen LogP contribution >= 0.6 is 0 Å². The molecule has 32 heavy (non-hydrogen) atoms. The number of fused-ring (bicyclic) bond motifs is 4. The second-order valence-corrected chi connectivity index (χ2v) is 9.17. The molecule has 1 saturated carbocycles. The molecule has 5 heterocycles. The Hall–Kier alpha value is -2.56. The first-order valence-corrected chi connectivity index (χ1v) is 11.0. The van der Waals surface area contributed by atoms with Crippen LogP contribution in [0.1, 0.15) is 37.7 Å². The Morgan fingerprint density at radius 1 is 1.34 bits per heavy atom. The first-order chi connectivity index (χ1) is 15.3. The van der Waals surface area contributed by atoms with Crippen LogP contribution in [0.2, 0.25) is 0 Å². The number of hydrogen-bond acceptors (Lipinski definition) is 7. The van der Waals surface area contributed by atoms with Gasteiger partial charge in [-0.1, -0.05) is 0 Å². The molecule has 3 saturated heterocycles. The molecule has 0 radical (unpaired) electrons. The summed E-state index contributed by atoms with van der Waals surface area (Å²) in [4.78, 5) is 19.5. The Morgan fingerprint density at radius 2 is 2.16 bits per heavy atom. The Labute approximate surface area is 184 Å². The Bertz CT molecular complexity index is 1010. The number of aryl methyl sites for hydroxylation is 1. The van der Waals surface area contributed by atoms with Gasteiger partial charge in [-0.05, 0) is 44.6 Å². The van der Waals surface area contributed by atoms with Crippen molar-refractivity contribution in [1.29, 1.82) is 0 Å². The van der Waals surface area contributed by atoms with Crippen molar-refractivity contribution in [1.82, 2.24) is 15.3 Å². The minimum absolute atomic E-state index is 0.138. The molecular weight excluding hydrogens is 419 g/mol. The fourth-order valence-electron chi connectivity index (χ4n) is 4.81. The minimum Gasteiger partial charge on any atom is -0.475 e. The second-order valence-electron chi connectivity index (χ2n) is 9.17. The summed E-state index contributed by atoms with van der Waals surface area (Å²) >= 11 is 0. The highest BCUT2D eigenvalue weighted by atomic mass is 19.1. The number of amides is 1. The Balaban J connectivity index is 1.29. The molecule has 3 aliphatic heterocycles. The molecule has 2 aromatic heterocycles. The zero-order valence-electron chi connectivity index (χ0n) is 17.7. The number of nitrogens with one attached hydrogen (secondary N) is 1. The van der Waals surface area contributed by atoms with E-state index >= 15 is 0 Å². The number of carboxylic acid groups (broad SMARTS) is 1. The summed E-state index contributed by atoms with van der Waals surface area (Å²) in [6, 6.07) is 3.09. The van der Waals surface area contributed by atoms with Gasteiger partial charge in [0.15, 0.2) is 0 Å². The number of carbonyl (C=O) groups is 1. The lowest BCUT2D eigenvalue weighted by atomic mass is 9.70. The van der Waals surface area contributed by atoms with Crippen molar-refractivity contribution in [3.05, 3.63) is 29.7 Å². The molecule has 2 atom stereocenters. The highest BCUT2D eigenvalue weighted by molar-refractivity contribution is 5.78. The standard InChI is InChI=1S/C22H27FN4O5/c23-14-9-25-15-1-2-18(31-11-17-16(10-30-17)26-20(28)29)27-19(15)13(14)3-4-22-7-5-21(24,6-8-22)12-32-22/h1-2,9,16-17,26H,3-8,10-12,24H2,(H,28,29)/t16-,17?,21?,22?/m1/s1. The quantitative estimate of drug-likeness (QED) is 0.590. The van der Waals surface area contributed by atoms with Crippen LogP contribution in [0.5, 0.6) is 5.88 Å². The van der Waals surface area contributed by atoms with Gasteiger partial charge in [-0.25, -0.2) is 14.2 Å². The number of rotatable bonds is 7. The van der Waals surface area contributed by atoms with E-state index in [9.17, 15) is 9.18 Å². The van der Waals surface area contributed by atoms with Gasteiger partial charge in [-0.2, -0.15) is 0 Å². The summed E-state index contributed by atoms with van der Waals surface area (Å²) in [5.41, 5.74) is 7.42. The lowest BCUT2D eigenvalue weighted by molar-refractivity contribution is -0.156. The molecule has 6 rings (SSSR count). The van der Waals surface area contributed by atoms with Crippen LogP contribution in [-0.2, 0) is 15.9 Å². The van der Waals surface area contributed by atoms with E-state index in [1.54, 1.807) is 12.1 Å². The number of nitrogens with two attached hydrogens (primary N) is 1. The first kappa shape index (κ1) is 21.3. The van der Waals surface area contributed by atoms with E-state index < -0.39 is 18.0 Å². The number of pyridine rings is 2. The molecule has 1 amide bonds. The third-order valence-electron chi connectivity index (χ3n) is 7.04. The van der Waals surface area contributed by atoms with Crippen LogP contribution in [0.15, 0.2) is 18.3 Å². The topological polar surface area (TPSA) is 129 Å². The van der Waals surface area contributed by atoms with Gasteiger partial charge in [0.2, 0.25) is 5.88 Å². The summed E-state index contributed by atoms with van der Waals surface area (Å²) in [5.74, 6) is -0.0835. The number of halogens is 1. The smallest absolute Gasteiger partial charge is 0.405 e. The summed E-state index contributed by atoms with van der Waals surface area (Å²) in [5, 5.41) is 11.2. The monoisotopic (exact) mass is 446 g/mol. The van der Waals surface area contributed by atoms with Gasteiger partial charge in [0.05, 0.1) is 42.1 Å². The van der Waals surface area contributed by atoms with Crippen molar-refractivity contribution in [2.45, 2.75) is 61.8 Å². The van der Waals surface area contributed by atoms with Crippen molar-refractivity contribution < 1.29 is 28.5 Å². The summed E-state index contributed by atoms with van der Waals surface area (Å²) in [7, 11) is 0. The zero-order chi connectivity index (χ0) is 22.3. The maximum absolute atomic E-state index is 14.8. The molecule has 0 spiro atoms. The molecule has 2 aromatic rings. The third-order valence-corrected chi connectivity index (χ3v) is 7.04. The molecule has 2 bridgehead atoms. The van der Waals surface area contributed by atoms with E-state index in [1.165, 1.54) is 6.20 Å². The van der Waals surface area contributed by atoms with Crippen LogP contribution in [-0.4, -0.2) is 64.3 Å². The highest BCUT2D eigenvalue weighted by Gasteiger charge is 2.47. The zero-order valence-corrected chi connectivity index (χ0v) is 17.7. The van der Waals surface area contributed by atoms with E-state index in [1.807, 2.05) is 0 Å². The van der Waals surface area contributed by atoms with E-state index in [4.69, 9.17) is 25.1 Å².